The predicted octanol–water partition coefficient (Wildman–Crippen LogP) is 3.91. The number of esters is 1. The summed E-state index contributed by atoms with van der Waals surface area (Å²) in [5.74, 6) is -0.0858. The van der Waals surface area contributed by atoms with Crippen molar-refractivity contribution in [3.8, 4) is 11.5 Å². The second-order valence-corrected chi connectivity index (χ2v) is 7.32. The molecule has 176 valence electrons. The minimum Gasteiger partial charge on any atom is -0.490 e. The normalized spacial score (nSPS) is 11.0. The van der Waals surface area contributed by atoms with E-state index in [1.165, 1.54) is 18.2 Å². The predicted molar refractivity (Wildman–Crippen MR) is 130 cm³/mol. The summed E-state index contributed by atoms with van der Waals surface area (Å²) < 4.78 is 11.2. The summed E-state index contributed by atoms with van der Waals surface area (Å²) in [6.45, 7) is 2.06. The third-order valence-corrected chi connectivity index (χ3v) is 5.05. The molecule has 2 N–H and O–H groups in total. The molecule has 0 aliphatic heterocycles. The van der Waals surface area contributed by atoms with Gasteiger partial charge in [0.15, 0.2) is 11.5 Å². The van der Waals surface area contributed by atoms with E-state index in [2.05, 4.69) is 4.98 Å². The summed E-state index contributed by atoms with van der Waals surface area (Å²) in [5.41, 5.74) is -2.09. The maximum Gasteiger partial charge on any atom is 0.357 e. The first kappa shape index (κ1) is 23.2. The smallest absolute Gasteiger partial charge is 0.357 e. The largest absolute Gasteiger partial charge is 0.490 e. The maximum absolute atomic E-state index is 12.9. The number of aromatic amines is 2. The molecule has 4 aromatic rings. The molecule has 0 radical (unpaired) electrons. The van der Waals surface area contributed by atoms with Crippen molar-refractivity contribution < 1.29 is 19.2 Å². The average molecular weight is 473 g/mol. The van der Waals surface area contributed by atoms with Gasteiger partial charge in [-0.2, -0.15) is 0 Å². The monoisotopic (exact) mass is 473 g/mol. The number of aromatic nitrogens is 2. The Morgan fingerprint density at radius 3 is 2.54 bits per heavy atom. The minimum atomic E-state index is -1.11. The molecule has 0 atom stereocenters. The van der Waals surface area contributed by atoms with Gasteiger partial charge in [0.05, 0.1) is 17.1 Å². The molecule has 0 spiro atoms. The summed E-state index contributed by atoms with van der Waals surface area (Å²) in [7, 11) is 0. The van der Waals surface area contributed by atoms with E-state index in [1.807, 2.05) is 35.3 Å². The summed E-state index contributed by atoms with van der Waals surface area (Å²) in [6.07, 6.45) is 2.69. The molecule has 1 heterocycles. The number of hydrogen-bond acceptors (Lipinski definition) is 7. The van der Waals surface area contributed by atoms with Gasteiger partial charge in [0.25, 0.3) is 0 Å². The van der Waals surface area contributed by atoms with Crippen molar-refractivity contribution in [1.82, 2.24) is 9.97 Å². The van der Waals surface area contributed by atoms with Crippen LogP contribution in [0, 0.1) is 10.1 Å². The molecule has 0 fully saturated rings. The van der Waals surface area contributed by atoms with Gasteiger partial charge in [0.1, 0.15) is 5.69 Å². The molecule has 1 aromatic heterocycles. The third kappa shape index (κ3) is 5.01. The summed E-state index contributed by atoms with van der Waals surface area (Å²) >= 11 is 0. The number of hydrogen-bond donors (Lipinski definition) is 2. The number of ether oxygens (including phenoxy) is 2. The number of rotatable bonds is 7. The van der Waals surface area contributed by atoms with E-state index in [0.29, 0.717) is 17.7 Å². The molecule has 4 rings (SSSR count). The van der Waals surface area contributed by atoms with Gasteiger partial charge in [-0.3, -0.25) is 19.9 Å². The van der Waals surface area contributed by atoms with Gasteiger partial charge in [0, 0.05) is 0 Å². The summed E-state index contributed by atoms with van der Waals surface area (Å²) in [4.78, 5) is 50.6. The highest BCUT2D eigenvalue weighted by Gasteiger charge is 2.19. The first-order valence-electron chi connectivity index (χ1n) is 10.5. The molecule has 0 saturated heterocycles. The van der Waals surface area contributed by atoms with Crippen LogP contribution in [0.4, 0.5) is 5.69 Å². The lowest BCUT2D eigenvalue weighted by Gasteiger charge is -2.12. The zero-order valence-corrected chi connectivity index (χ0v) is 18.4. The van der Waals surface area contributed by atoms with Crippen LogP contribution in [0.1, 0.15) is 28.5 Å². The standard InChI is InChI=1S/C25H19N3O7/c1-2-34-21-14-15(10-12-19-22(28(32)33)23(29)27-25(31)26-19)11-13-20(21)35-24(30)18-9-5-7-16-6-3-4-8-17(16)18/h3-14H,2H2,1H3,(H2,26,27,29,31). The topological polar surface area (TPSA) is 144 Å². The second-order valence-electron chi connectivity index (χ2n) is 7.32. The molecular formula is C25H19N3O7. The van der Waals surface area contributed by atoms with Crippen LogP contribution in [-0.2, 0) is 0 Å². The van der Waals surface area contributed by atoms with E-state index < -0.39 is 27.8 Å². The van der Waals surface area contributed by atoms with Crippen molar-refractivity contribution in [2.24, 2.45) is 0 Å². The van der Waals surface area contributed by atoms with Crippen molar-refractivity contribution in [3.05, 3.63) is 108 Å². The van der Waals surface area contributed by atoms with Crippen LogP contribution in [-0.4, -0.2) is 27.5 Å². The van der Waals surface area contributed by atoms with Gasteiger partial charge in [0.2, 0.25) is 0 Å². The molecular weight excluding hydrogens is 454 g/mol. The van der Waals surface area contributed by atoms with E-state index in [1.54, 1.807) is 31.2 Å². The molecule has 0 aliphatic rings. The highest BCUT2D eigenvalue weighted by molar-refractivity contribution is 6.05. The maximum atomic E-state index is 12.9. The minimum absolute atomic E-state index is 0.192. The Balaban J connectivity index is 1.65. The Morgan fingerprint density at radius 1 is 1.00 bits per heavy atom. The fourth-order valence-electron chi connectivity index (χ4n) is 3.52. The Kier molecular flexibility index (Phi) is 6.54. The number of nitro groups is 1. The molecule has 10 nitrogen and oxygen atoms in total. The Morgan fingerprint density at radius 2 is 1.77 bits per heavy atom. The summed E-state index contributed by atoms with van der Waals surface area (Å²) in [6, 6.07) is 17.5. The lowest BCUT2D eigenvalue weighted by Crippen LogP contribution is -2.25. The molecule has 0 saturated carbocycles. The lowest BCUT2D eigenvalue weighted by atomic mass is 10.0. The molecule has 0 unspecified atom stereocenters. The number of benzene rings is 3. The first-order valence-corrected chi connectivity index (χ1v) is 10.5. The quantitative estimate of drug-likeness (QED) is 0.179. The highest BCUT2D eigenvalue weighted by Crippen LogP contribution is 2.31. The van der Waals surface area contributed by atoms with Gasteiger partial charge in [-0.25, -0.2) is 9.59 Å². The van der Waals surface area contributed by atoms with Crippen molar-refractivity contribution >= 4 is 34.6 Å². The SMILES string of the molecule is CCOc1cc(C=Cc2[nH]c(=O)[nH]c(=O)c2[N+](=O)[O-])ccc1OC(=O)c1cccc2ccccc12. The fraction of sp³-hybridized carbons (Fsp3) is 0.0800. The number of nitrogens with zero attached hydrogens (tertiary/aromatic N) is 1. The van der Waals surface area contributed by atoms with E-state index in [4.69, 9.17) is 9.47 Å². The molecule has 0 amide bonds. The van der Waals surface area contributed by atoms with Crippen LogP contribution >= 0.6 is 0 Å². The first-order chi connectivity index (χ1) is 16.9. The van der Waals surface area contributed by atoms with Crippen LogP contribution in [0.2, 0.25) is 0 Å². The number of nitrogens with one attached hydrogen (secondary N) is 2. The lowest BCUT2D eigenvalue weighted by molar-refractivity contribution is -0.386. The molecule has 3 aromatic carbocycles. The van der Waals surface area contributed by atoms with E-state index in [9.17, 15) is 24.5 Å². The second kappa shape index (κ2) is 9.87. The zero-order chi connectivity index (χ0) is 24.9. The van der Waals surface area contributed by atoms with Crippen LogP contribution in [0.3, 0.4) is 0 Å². The zero-order valence-electron chi connectivity index (χ0n) is 18.4. The van der Waals surface area contributed by atoms with Crippen molar-refractivity contribution in [2.45, 2.75) is 6.92 Å². The van der Waals surface area contributed by atoms with Crippen molar-refractivity contribution in [3.63, 3.8) is 0 Å². The van der Waals surface area contributed by atoms with Gasteiger partial charge in [-0.05, 0) is 47.5 Å². The van der Waals surface area contributed by atoms with Crippen LogP contribution in [0.25, 0.3) is 22.9 Å². The van der Waals surface area contributed by atoms with Gasteiger partial charge in [-0.1, -0.05) is 48.5 Å². The fourth-order valence-corrected chi connectivity index (χ4v) is 3.52. The molecule has 0 bridgehead atoms. The Hall–Kier alpha value is -4.99. The Bertz CT molecular complexity index is 1580. The number of carbonyl (C=O) groups excluding carboxylic acids is 1. The van der Waals surface area contributed by atoms with Crippen LogP contribution in [0.5, 0.6) is 11.5 Å². The number of carbonyl (C=O) groups is 1. The van der Waals surface area contributed by atoms with E-state index in [-0.39, 0.29) is 17.2 Å². The third-order valence-electron chi connectivity index (χ3n) is 5.05. The van der Waals surface area contributed by atoms with Gasteiger partial charge >= 0.3 is 22.9 Å². The van der Waals surface area contributed by atoms with Gasteiger partial charge in [-0.15, -0.1) is 0 Å². The van der Waals surface area contributed by atoms with Gasteiger partial charge < -0.3 is 14.5 Å². The number of fused-ring (bicyclic) bond motifs is 1. The summed E-state index contributed by atoms with van der Waals surface area (Å²) in [5, 5.41) is 12.9. The highest BCUT2D eigenvalue weighted by atomic mass is 16.6. The Labute approximate surface area is 197 Å². The molecule has 10 heteroatoms. The average Bonchev–Trinajstić information content (AvgIpc) is 2.83. The van der Waals surface area contributed by atoms with E-state index in [0.717, 1.165) is 10.8 Å². The molecule has 0 aliphatic carbocycles. The number of H-pyrrole nitrogens is 2. The van der Waals surface area contributed by atoms with E-state index >= 15 is 0 Å². The van der Waals surface area contributed by atoms with Crippen molar-refractivity contribution in [1.29, 1.82) is 0 Å². The van der Waals surface area contributed by atoms with Crippen LogP contribution in [0.15, 0.2) is 70.3 Å². The van der Waals surface area contributed by atoms with Crippen LogP contribution < -0.4 is 20.7 Å². The van der Waals surface area contributed by atoms with Crippen molar-refractivity contribution in [2.75, 3.05) is 6.61 Å². The molecule has 35 heavy (non-hydrogen) atoms.